The van der Waals surface area contributed by atoms with Crippen LogP contribution < -0.4 is 14.7 Å². The molecule has 22 aromatic carbocycles. The van der Waals surface area contributed by atoms with E-state index in [0.29, 0.717) is 0 Å². The summed E-state index contributed by atoms with van der Waals surface area (Å²) in [5, 5.41) is 14.5. The van der Waals surface area contributed by atoms with Crippen molar-refractivity contribution in [1.82, 2.24) is 13.7 Å². The average molecular weight is 1860 g/mol. The van der Waals surface area contributed by atoms with Crippen LogP contribution in [-0.4, -0.2) is 13.7 Å². The first-order valence-corrected chi connectivity index (χ1v) is 50.1. The Morgan fingerprint density at radius 3 is 1.09 bits per heavy atom. The molecule has 0 N–H and O–H groups in total. The molecule has 9 heteroatoms. The highest BCUT2D eigenvalue weighted by molar-refractivity contribution is 7.26. The molecule has 6 aromatic heterocycles. The normalized spacial score (nSPS) is 12.2. The highest BCUT2D eigenvalue weighted by Gasteiger charge is 2.36. The molecule has 0 spiro atoms. The number of para-hydroxylation sites is 10. The quantitative estimate of drug-likeness (QED) is 0.102. The number of fused-ring (bicyclic) bond motifs is 24. The summed E-state index contributed by atoms with van der Waals surface area (Å²) in [7, 11) is 0. The van der Waals surface area contributed by atoms with E-state index in [-0.39, 0.29) is 5.41 Å². The van der Waals surface area contributed by atoms with Crippen molar-refractivity contribution in [3.63, 3.8) is 0 Å². The summed E-state index contributed by atoms with van der Waals surface area (Å²) in [4.78, 5) is 6.90. The molecule has 144 heavy (non-hydrogen) atoms. The van der Waals surface area contributed by atoms with Crippen LogP contribution in [0.1, 0.15) is 25.0 Å². The van der Waals surface area contributed by atoms with Crippen molar-refractivity contribution in [3.05, 3.63) is 533 Å². The summed E-state index contributed by atoms with van der Waals surface area (Å²) in [6, 6.07) is 187. The van der Waals surface area contributed by atoms with Gasteiger partial charge in [0.25, 0.3) is 0 Å². The fraction of sp³-hybridized carbons (Fsp3) is 0.0222. The lowest BCUT2D eigenvalue weighted by molar-refractivity contribution is 0.660. The molecule has 0 atom stereocenters. The van der Waals surface area contributed by atoms with Gasteiger partial charge in [0.2, 0.25) is 0 Å². The van der Waals surface area contributed by atoms with Crippen molar-refractivity contribution in [2.45, 2.75) is 19.3 Å². The SMILES string of the molecule is CC1(C)c2ccccc2-c2ccc(-c3ccc4c5c6oc7ccccc7c6ccc5n(-c5ccc(N(c6ccccc6)c6ccccc6)cc5)c4c3)cc21.c1ccc(N(c2ccccc2)c2ccc(-c3cccc(-n4c5ccccc5c5c6oc7ccccc7c6ccc54)c3)cc2)cc1.c1ccc(N(c2ccccc2)c2cccc(-c3ccc(-n4c5ccccc5c5c6sc7ccccc7c6ccc54)cc3)c2)cc1. The summed E-state index contributed by atoms with van der Waals surface area (Å²) < 4.78 is 23.0. The third-order valence-corrected chi connectivity index (χ3v) is 30.3. The van der Waals surface area contributed by atoms with E-state index in [1.807, 2.05) is 29.5 Å². The van der Waals surface area contributed by atoms with Gasteiger partial charge in [-0.1, -0.05) is 317 Å². The Kier molecular flexibility index (Phi) is 20.7. The van der Waals surface area contributed by atoms with Crippen LogP contribution in [0.25, 0.3) is 191 Å². The van der Waals surface area contributed by atoms with Gasteiger partial charge in [-0.15, -0.1) is 11.3 Å². The van der Waals surface area contributed by atoms with Crippen LogP contribution in [0, 0.1) is 0 Å². The Balaban J connectivity index is 0.000000108. The molecule has 1 aliphatic rings. The number of rotatable bonds is 15. The molecule has 1 aliphatic carbocycles. The maximum absolute atomic E-state index is 6.67. The summed E-state index contributed by atoms with van der Waals surface area (Å²) in [6.45, 7) is 4.70. The monoisotopic (exact) mass is 1860 g/mol. The second-order valence-corrected chi connectivity index (χ2v) is 38.8. The molecule has 0 radical (unpaired) electrons. The largest absolute Gasteiger partial charge is 0.455 e. The summed E-state index contributed by atoms with van der Waals surface area (Å²) in [6.07, 6.45) is 0. The molecule has 29 rings (SSSR count). The van der Waals surface area contributed by atoms with Gasteiger partial charge in [0.1, 0.15) is 22.3 Å². The molecule has 6 heterocycles. The van der Waals surface area contributed by atoms with E-state index in [2.05, 4.69) is 546 Å². The van der Waals surface area contributed by atoms with Gasteiger partial charge < -0.3 is 37.2 Å². The van der Waals surface area contributed by atoms with E-state index in [9.17, 15) is 0 Å². The zero-order valence-electron chi connectivity index (χ0n) is 79.1. The van der Waals surface area contributed by atoms with Crippen LogP contribution in [0.4, 0.5) is 51.2 Å². The van der Waals surface area contributed by atoms with Crippen LogP contribution in [0.5, 0.6) is 0 Å². The first-order chi connectivity index (χ1) is 71.2. The van der Waals surface area contributed by atoms with E-state index >= 15 is 0 Å². The van der Waals surface area contributed by atoms with Crippen LogP contribution >= 0.6 is 11.3 Å². The fourth-order valence-electron chi connectivity index (χ4n) is 22.5. The number of anilines is 9. The molecule has 8 nitrogen and oxygen atoms in total. The van der Waals surface area contributed by atoms with Crippen molar-refractivity contribution in [1.29, 1.82) is 0 Å². The van der Waals surface area contributed by atoms with Crippen molar-refractivity contribution >= 4 is 192 Å². The molecule has 0 unspecified atom stereocenters. The Labute approximate surface area is 836 Å². The molecule has 0 amide bonds. The van der Waals surface area contributed by atoms with E-state index in [1.165, 1.54) is 108 Å². The van der Waals surface area contributed by atoms with Crippen LogP contribution in [0.15, 0.2) is 531 Å². The van der Waals surface area contributed by atoms with Crippen molar-refractivity contribution in [2.75, 3.05) is 14.7 Å². The van der Waals surface area contributed by atoms with Gasteiger partial charge in [-0.3, -0.25) is 0 Å². The predicted molar refractivity (Wildman–Crippen MR) is 608 cm³/mol. The van der Waals surface area contributed by atoms with Gasteiger partial charge >= 0.3 is 0 Å². The molecule has 28 aromatic rings. The smallest absolute Gasteiger partial charge is 0.145 e. The summed E-state index contributed by atoms with van der Waals surface area (Å²) in [5.41, 5.74) is 36.7. The predicted octanol–water partition coefficient (Wildman–Crippen LogP) is 38.2. The number of thiophene rings is 1. The topological polar surface area (TPSA) is 50.8 Å². The average Bonchev–Trinajstić information content (AvgIpc) is 1.62. The Bertz CT molecular complexity index is 9670. The second-order valence-electron chi connectivity index (χ2n) is 37.7. The molecule has 680 valence electrons. The van der Waals surface area contributed by atoms with E-state index in [1.54, 1.807) is 0 Å². The second kappa shape index (κ2) is 35.1. The summed E-state index contributed by atoms with van der Waals surface area (Å²) in [5.74, 6) is 0. The zero-order valence-corrected chi connectivity index (χ0v) is 79.9. The Morgan fingerprint density at radius 1 is 0.201 bits per heavy atom. The number of furan rings is 2. The number of benzene rings is 22. The van der Waals surface area contributed by atoms with Crippen LogP contribution in [0.3, 0.4) is 0 Å². The van der Waals surface area contributed by atoms with E-state index < -0.39 is 0 Å². The number of hydrogen-bond acceptors (Lipinski definition) is 6. The lowest BCUT2D eigenvalue weighted by Gasteiger charge is -2.26. The minimum atomic E-state index is -0.0665. The Hall–Kier alpha value is -18.5. The maximum atomic E-state index is 6.67. The van der Waals surface area contributed by atoms with Crippen molar-refractivity contribution < 1.29 is 8.83 Å². The molecule has 0 aliphatic heterocycles. The minimum Gasteiger partial charge on any atom is -0.455 e. The first-order valence-electron chi connectivity index (χ1n) is 49.2. The van der Waals surface area contributed by atoms with E-state index in [4.69, 9.17) is 8.83 Å². The first kappa shape index (κ1) is 84.7. The van der Waals surface area contributed by atoms with E-state index in [0.717, 1.165) is 145 Å². The molecular weight excluding hydrogens is 1770 g/mol. The number of hydrogen-bond donors (Lipinski definition) is 0. The number of nitrogens with zero attached hydrogens (tertiary/aromatic N) is 6. The highest BCUT2D eigenvalue weighted by atomic mass is 32.1. The van der Waals surface area contributed by atoms with Gasteiger partial charge in [0.15, 0.2) is 0 Å². The van der Waals surface area contributed by atoms with Gasteiger partial charge in [0, 0.05) is 137 Å². The molecule has 0 saturated heterocycles. The fourth-order valence-corrected chi connectivity index (χ4v) is 23.7. The molecular formula is C135H92N6O2S. The van der Waals surface area contributed by atoms with Gasteiger partial charge in [-0.25, -0.2) is 0 Å². The van der Waals surface area contributed by atoms with Gasteiger partial charge in [-0.2, -0.15) is 0 Å². The molecule has 0 bridgehead atoms. The summed E-state index contributed by atoms with van der Waals surface area (Å²) >= 11 is 1.90. The maximum Gasteiger partial charge on any atom is 0.145 e. The van der Waals surface area contributed by atoms with Gasteiger partial charge in [0.05, 0.1) is 43.9 Å². The lowest BCUT2D eigenvalue weighted by atomic mass is 9.81. The lowest BCUT2D eigenvalue weighted by Crippen LogP contribution is -2.14. The minimum absolute atomic E-state index is 0.0665. The van der Waals surface area contributed by atoms with Crippen molar-refractivity contribution in [2.24, 2.45) is 0 Å². The Morgan fingerprint density at radius 2 is 0.549 bits per heavy atom. The third-order valence-electron chi connectivity index (χ3n) is 29.1. The third kappa shape index (κ3) is 14.4. The standard InChI is InChI=1S/C51H36N2O.C42H28N2O.C42H28N2S/c1-51(2)44-19-11-9-17-39(44)40-27-21-33(31-45(40)51)34-22-28-43-47(32-34)53(46-30-29-42-41-18-10-12-20-48(41)54-50(42)49(43)46)38-25-23-37(24-26-38)52(35-13-5-3-6-14-35)36-15-7-4-8-16-36;1-3-13-31(14-4-1)43(32-15-5-2-6-16-32)33-24-22-29(23-25-33)30-12-11-17-34(28-30)44-38-20-9-7-19-37(38)41-39(44)27-26-36-35-18-8-10-21-40(35)45-42(36)41;1-3-13-31(14-4-1)43(32-15-5-2-6-16-32)34-17-11-12-30(28-34)29-22-24-33(25-23-29)44-38-20-9-7-19-37(38)41-39(44)27-26-36-35-18-8-10-21-40(35)45-42(36)41/h3-32H,1-2H3;2*1-28H. The van der Waals surface area contributed by atoms with Gasteiger partial charge in [-0.05, 0) is 274 Å². The number of aromatic nitrogens is 3. The molecule has 0 fully saturated rings. The zero-order chi connectivity index (χ0) is 95.5. The molecule has 0 saturated carbocycles. The highest BCUT2D eigenvalue weighted by Crippen LogP contribution is 2.53. The van der Waals surface area contributed by atoms with Crippen LogP contribution in [0.2, 0.25) is 0 Å². The van der Waals surface area contributed by atoms with Crippen LogP contribution in [-0.2, 0) is 5.41 Å². The van der Waals surface area contributed by atoms with Crippen molar-refractivity contribution in [3.8, 4) is 61.6 Å².